The molecule has 1 saturated heterocycles. The molecule has 0 aliphatic carbocycles. The molecule has 172 valence electrons. The summed E-state index contributed by atoms with van der Waals surface area (Å²) in [4.78, 5) is 28.3. The van der Waals surface area contributed by atoms with Crippen LogP contribution in [-0.2, 0) is 16.0 Å². The first-order chi connectivity index (χ1) is 16.0. The Hall–Kier alpha value is -3.32. The highest BCUT2D eigenvalue weighted by molar-refractivity contribution is 5.76. The number of anilines is 1. The number of carbonyl (C=O) groups is 1. The van der Waals surface area contributed by atoms with Crippen molar-refractivity contribution in [3.63, 3.8) is 0 Å². The van der Waals surface area contributed by atoms with E-state index in [9.17, 15) is 4.79 Å². The second-order valence-corrected chi connectivity index (χ2v) is 8.51. The molecule has 1 fully saturated rings. The largest absolute Gasteiger partial charge is 0.368 e. The van der Waals surface area contributed by atoms with E-state index < -0.39 is 0 Å². The lowest BCUT2D eigenvalue weighted by Crippen LogP contribution is -2.43. The number of morpholine rings is 1. The zero-order valence-corrected chi connectivity index (χ0v) is 19.5. The number of amides is 1. The third-order valence-corrected chi connectivity index (χ3v) is 5.81. The highest BCUT2D eigenvalue weighted by Crippen LogP contribution is 2.22. The summed E-state index contributed by atoms with van der Waals surface area (Å²) in [5.41, 5.74) is 6.22. The van der Waals surface area contributed by atoms with Gasteiger partial charge in [0.25, 0.3) is 0 Å². The van der Waals surface area contributed by atoms with E-state index in [1.165, 1.54) is 11.1 Å². The Bertz CT molecular complexity index is 1100. The van der Waals surface area contributed by atoms with E-state index >= 15 is 0 Å². The van der Waals surface area contributed by atoms with E-state index in [-0.39, 0.29) is 12.0 Å². The molecule has 1 aliphatic heterocycles. The quantitative estimate of drug-likeness (QED) is 0.596. The Kier molecular flexibility index (Phi) is 7.29. The Morgan fingerprint density at radius 1 is 1.06 bits per heavy atom. The molecule has 0 bridgehead atoms. The number of ether oxygens (including phenoxy) is 1. The van der Waals surface area contributed by atoms with Crippen LogP contribution in [0.1, 0.15) is 46.4 Å². The maximum absolute atomic E-state index is 12.8. The van der Waals surface area contributed by atoms with Crippen molar-refractivity contribution in [3.8, 4) is 0 Å². The number of nitrogens with zero attached hydrogens (tertiary/aromatic N) is 4. The standard InChI is InChI=1S/C26H31N5O2/c1-18-7-4-5-8-21(18)16-22-9-6-10-23(30-22)24-17-31(13-14-33-24)25(32)11-12-27-26-28-19(2)15-20(3)29-26/h4-10,15,24H,11-14,16-17H2,1-3H3,(H,27,28,29)/t24-/m1/s1. The molecule has 1 atom stereocenters. The van der Waals surface area contributed by atoms with E-state index in [0.29, 0.717) is 38.6 Å². The molecule has 2 aromatic heterocycles. The van der Waals surface area contributed by atoms with Crippen LogP contribution in [0, 0.1) is 20.8 Å². The van der Waals surface area contributed by atoms with Crippen molar-refractivity contribution in [2.24, 2.45) is 0 Å². The number of rotatable bonds is 7. The Labute approximate surface area is 195 Å². The molecule has 0 unspecified atom stereocenters. The summed E-state index contributed by atoms with van der Waals surface area (Å²) >= 11 is 0. The van der Waals surface area contributed by atoms with Crippen LogP contribution in [0.4, 0.5) is 5.95 Å². The van der Waals surface area contributed by atoms with E-state index in [2.05, 4.69) is 46.5 Å². The summed E-state index contributed by atoms with van der Waals surface area (Å²) in [6, 6.07) is 16.3. The lowest BCUT2D eigenvalue weighted by Gasteiger charge is -2.33. The monoisotopic (exact) mass is 445 g/mol. The Morgan fingerprint density at radius 2 is 1.85 bits per heavy atom. The van der Waals surface area contributed by atoms with Crippen molar-refractivity contribution < 1.29 is 9.53 Å². The molecule has 7 heteroatoms. The zero-order chi connectivity index (χ0) is 23.2. The number of pyridine rings is 1. The van der Waals surface area contributed by atoms with Gasteiger partial charge in [0.15, 0.2) is 0 Å². The van der Waals surface area contributed by atoms with Gasteiger partial charge in [-0.25, -0.2) is 9.97 Å². The maximum atomic E-state index is 12.8. The minimum atomic E-state index is -0.213. The van der Waals surface area contributed by atoms with Crippen molar-refractivity contribution in [1.82, 2.24) is 19.9 Å². The normalized spacial score (nSPS) is 16.0. The molecule has 0 saturated carbocycles. The molecule has 1 amide bonds. The lowest BCUT2D eigenvalue weighted by atomic mass is 10.0. The van der Waals surface area contributed by atoms with Crippen LogP contribution in [0.25, 0.3) is 0 Å². The highest BCUT2D eigenvalue weighted by atomic mass is 16.5. The van der Waals surface area contributed by atoms with Crippen LogP contribution < -0.4 is 5.32 Å². The van der Waals surface area contributed by atoms with Crippen molar-refractivity contribution in [1.29, 1.82) is 0 Å². The van der Waals surface area contributed by atoms with Crippen LogP contribution in [-0.4, -0.2) is 52.0 Å². The molecule has 3 aromatic rings. The highest BCUT2D eigenvalue weighted by Gasteiger charge is 2.26. The first-order valence-electron chi connectivity index (χ1n) is 11.4. The number of nitrogens with one attached hydrogen (secondary N) is 1. The average molecular weight is 446 g/mol. The second kappa shape index (κ2) is 10.5. The number of hydrogen-bond acceptors (Lipinski definition) is 6. The minimum Gasteiger partial charge on any atom is -0.368 e. The van der Waals surface area contributed by atoms with Gasteiger partial charge in [-0.2, -0.15) is 0 Å². The number of hydrogen-bond donors (Lipinski definition) is 1. The Balaban J connectivity index is 1.34. The fourth-order valence-corrected chi connectivity index (χ4v) is 4.08. The van der Waals surface area contributed by atoms with E-state index in [0.717, 1.165) is 29.2 Å². The second-order valence-electron chi connectivity index (χ2n) is 8.51. The van der Waals surface area contributed by atoms with E-state index in [1.54, 1.807) is 0 Å². The fourth-order valence-electron chi connectivity index (χ4n) is 4.08. The van der Waals surface area contributed by atoms with E-state index in [4.69, 9.17) is 9.72 Å². The topological polar surface area (TPSA) is 80.2 Å². The molecule has 1 N–H and O–H groups in total. The third kappa shape index (κ3) is 6.14. The average Bonchev–Trinajstić information content (AvgIpc) is 2.80. The molecular weight excluding hydrogens is 414 g/mol. The van der Waals surface area contributed by atoms with Crippen LogP contribution in [0.2, 0.25) is 0 Å². The van der Waals surface area contributed by atoms with Crippen LogP contribution in [0.3, 0.4) is 0 Å². The maximum Gasteiger partial charge on any atom is 0.224 e. The van der Waals surface area contributed by atoms with Crippen LogP contribution in [0.15, 0.2) is 48.5 Å². The number of aryl methyl sites for hydroxylation is 3. The fraction of sp³-hybridized carbons (Fsp3) is 0.385. The van der Waals surface area contributed by atoms with Crippen LogP contribution >= 0.6 is 0 Å². The molecule has 0 spiro atoms. The summed E-state index contributed by atoms with van der Waals surface area (Å²) in [5.74, 6) is 0.658. The summed E-state index contributed by atoms with van der Waals surface area (Å²) in [5, 5.41) is 3.16. The molecule has 4 rings (SSSR count). The SMILES string of the molecule is Cc1cc(C)nc(NCCC(=O)N2CCO[C@@H](c3cccc(Cc4ccccc4C)n3)C2)n1. The van der Waals surface area contributed by atoms with Gasteiger partial charge in [-0.15, -0.1) is 0 Å². The van der Waals surface area contributed by atoms with Crippen molar-refractivity contribution in [3.05, 3.63) is 82.4 Å². The van der Waals surface area contributed by atoms with Gasteiger partial charge in [-0.3, -0.25) is 9.78 Å². The smallest absolute Gasteiger partial charge is 0.224 e. The van der Waals surface area contributed by atoms with Crippen molar-refractivity contribution in [2.75, 3.05) is 31.6 Å². The third-order valence-electron chi connectivity index (χ3n) is 5.81. The van der Waals surface area contributed by atoms with Gasteiger partial charge in [-0.1, -0.05) is 30.3 Å². The first-order valence-corrected chi connectivity index (χ1v) is 11.4. The minimum absolute atomic E-state index is 0.0937. The van der Waals surface area contributed by atoms with Gasteiger partial charge < -0.3 is 15.0 Å². The molecular formula is C26H31N5O2. The Morgan fingerprint density at radius 3 is 2.64 bits per heavy atom. The summed E-state index contributed by atoms with van der Waals surface area (Å²) in [6.07, 6.45) is 0.946. The first kappa shape index (κ1) is 22.9. The number of aromatic nitrogens is 3. The van der Waals surface area contributed by atoms with Gasteiger partial charge in [0, 0.05) is 43.0 Å². The molecule has 7 nitrogen and oxygen atoms in total. The van der Waals surface area contributed by atoms with E-state index in [1.807, 2.05) is 43.0 Å². The molecule has 1 aromatic carbocycles. The summed E-state index contributed by atoms with van der Waals surface area (Å²) in [6.45, 7) is 8.10. The summed E-state index contributed by atoms with van der Waals surface area (Å²) < 4.78 is 5.98. The molecule has 0 radical (unpaired) electrons. The molecule has 1 aliphatic rings. The van der Waals surface area contributed by atoms with Gasteiger partial charge in [0.2, 0.25) is 11.9 Å². The van der Waals surface area contributed by atoms with Gasteiger partial charge >= 0.3 is 0 Å². The molecule has 33 heavy (non-hydrogen) atoms. The predicted molar refractivity (Wildman–Crippen MR) is 128 cm³/mol. The zero-order valence-electron chi connectivity index (χ0n) is 19.5. The van der Waals surface area contributed by atoms with Gasteiger partial charge in [0.1, 0.15) is 6.10 Å². The lowest BCUT2D eigenvalue weighted by molar-refractivity contribution is -0.138. The van der Waals surface area contributed by atoms with Crippen molar-refractivity contribution >= 4 is 11.9 Å². The summed E-state index contributed by atoms with van der Waals surface area (Å²) in [7, 11) is 0. The number of carbonyl (C=O) groups excluding carboxylic acids is 1. The van der Waals surface area contributed by atoms with Gasteiger partial charge in [0.05, 0.1) is 18.8 Å². The predicted octanol–water partition coefficient (Wildman–Crippen LogP) is 3.79. The molecule has 3 heterocycles. The van der Waals surface area contributed by atoms with Crippen molar-refractivity contribution in [2.45, 2.75) is 39.7 Å². The van der Waals surface area contributed by atoms with Crippen LogP contribution in [0.5, 0.6) is 0 Å². The number of benzene rings is 1. The van der Waals surface area contributed by atoms with Gasteiger partial charge in [-0.05, 0) is 50.1 Å².